The zero-order valence-corrected chi connectivity index (χ0v) is 15.1. The number of nitrogens with one attached hydrogen (secondary N) is 1. The number of rotatable bonds is 4. The van der Waals surface area contributed by atoms with E-state index in [2.05, 4.69) is 16.3 Å². The minimum Gasteiger partial charge on any atom is -0.497 e. The first-order chi connectivity index (χ1) is 11.9. The van der Waals surface area contributed by atoms with Gasteiger partial charge >= 0.3 is 0 Å². The van der Waals surface area contributed by atoms with E-state index in [1.165, 1.54) is 0 Å². The SMILES string of the molecule is COc1ccc2cc(C(C)NC(=O)C3(O)CCN(C)CC3)ccc2c1. The maximum atomic E-state index is 12.6. The van der Waals surface area contributed by atoms with Gasteiger partial charge in [0.2, 0.25) is 0 Å². The first-order valence-electron chi connectivity index (χ1n) is 8.71. The van der Waals surface area contributed by atoms with Crippen molar-refractivity contribution in [3.8, 4) is 5.75 Å². The Kier molecular flexibility index (Phi) is 4.97. The van der Waals surface area contributed by atoms with Crippen LogP contribution in [-0.2, 0) is 4.79 Å². The first-order valence-corrected chi connectivity index (χ1v) is 8.71. The van der Waals surface area contributed by atoms with Gasteiger partial charge in [-0.2, -0.15) is 0 Å². The molecule has 1 aliphatic rings. The van der Waals surface area contributed by atoms with Crippen LogP contribution in [0.5, 0.6) is 5.75 Å². The van der Waals surface area contributed by atoms with E-state index in [0.717, 1.165) is 35.2 Å². The van der Waals surface area contributed by atoms with Crippen molar-refractivity contribution in [3.63, 3.8) is 0 Å². The highest BCUT2D eigenvalue weighted by Crippen LogP contribution is 2.26. The normalized spacial score (nSPS) is 18.7. The summed E-state index contributed by atoms with van der Waals surface area (Å²) >= 11 is 0. The van der Waals surface area contributed by atoms with Crippen LogP contribution in [0.25, 0.3) is 10.8 Å². The zero-order valence-electron chi connectivity index (χ0n) is 15.1. The predicted molar refractivity (Wildman–Crippen MR) is 98.7 cm³/mol. The van der Waals surface area contributed by atoms with Gasteiger partial charge in [-0.15, -0.1) is 0 Å². The van der Waals surface area contributed by atoms with E-state index in [9.17, 15) is 9.90 Å². The van der Waals surface area contributed by atoms with Crippen molar-refractivity contribution in [1.82, 2.24) is 10.2 Å². The molecule has 0 aromatic heterocycles. The van der Waals surface area contributed by atoms with Gasteiger partial charge in [0.15, 0.2) is 0 Å². The molecule has 2 aromatic carbocycles. The Morgan fingerprint density at radius 2 is 1.84 bits per heavy atom. The summed E-state index contributed by atoms with van der Waals surface area (Å²) in [5.41, 5.74) is -0.243. The lowest BCUT2D eigenvalue weighted by atomic mass is 9.90. The molecule has 1 fully saturated rings. The second-order valence-corrected chi connectivity index (χ2v) is 7.00. The molecule has 1 aliphatic heterocycles. The monoisotopic (exact) mass is 342 g/mol. The number of benzene rings is 2. The molecule has 0 spiro atoms. The molecule has 1 atom stereocenters. The molecule has 1 amide bonds. The quantitative estimate of drug-likeness (QED) is 0.896. The largest absolute Gasteiger partial charge is 0.497 e. The summed E-state index contributed by atoms with van der Waals surface area (Å²) in [7, 11) is 3.66. The number of hydrogen-bond donors (Lipinski definition) is 2. The molecule has 2 N–H and O–H groups in total. The summed E-state index contributed by atoms with van der Waals surface area (Å²) in [6, 6.07) is 11.9. The number of fused-ring (bicyclic) bond motifs is 1. The number of aliphatic hydroxyl groups is 1. The highest BCUT2D eigenvalue weighted by molar-refractivity contribution is 5.86. The summed E-state index contributed by atoms with van der Waals surface area (Å²) in [6.07, 6.45) is 0.944. The summed E-state index contributed by atoms with van der Waals surface area (Å²) in [4.78, 5) is 14.7. The fraction of sp³-hybridized carbons (Fsp3) is 0.450. The number of hydrogen-bond acceptors (Lipinski definition) is 4. The number of piperidine rings is 1. The molecular formula is C20H26N2O3. The first kappa shape index (κ1) is 17.7. The van der Waals surface area contributed by atoms with Crippen molar-refractivity contribution in [2.24, 2.45) is 0 Å². The smallest absolute Gasteiger partial charge is 0.252 e. The molecule has 1 saturated heterocycles. The lowest BCUT2D eigenvalue weighted by Crippen LogP contribution is -2.53. The number of nitrogens with zero attached hydrogens (tertiary/aromatic N) is 1. The van der Waals surface area contributed by atoms with Gasteiger partial charge in [-0.3, -0.25) is 4.79 Å². The summed E-state index contributed by atoms with van der Waals surface area (Å²) in [5, 5.41) is 15.8. The molecule has 2 aromatic rings. The van der Waals surface area contributed by atoms with Crippen LogP contribution in [0.2, 0.25) is 0 Å². The van der Waals surface area contributed by atoms with E-state index in [-0.39, 0.29) is 11.9 Å². The average Bonchev–Trinajstić information content (AvgIpc) is 2.63. The average molecular weight is 342 g/mol. The van der Waals surface area contributed by atoms with Crippen LogP contribution in [0.4, 0.5) is 0 Å². The fourth-order valence-electron chi connectivity index (χ4n) is 3.27. The minimum absolute atomic E-state index is 0.164. The van der Waals surface area contributed by atoms with Gasteiger partial charge in [0.05, 0.1) is 13.2 Å². The van der Waals surface area contributed by atoms with Crippen molar-refractivity contribution < 1.29 is 14.6 Å². The maximum absolute atomic E-state index is 12.6. The molecule has 134 valence electrons. The summed E-state index contributed by atoms with van der Waals surface area (Å²) in [5.74, 6) is 0.550. The number of ether oxygens (including phenoxy) is 1. The van der Waals surface area contributed by atoms with Crippen LogP contribution >= 0.6 is 0 Å². The van der Waals surface area contributed by atoms with E-state index >= 15 is 0 Å². The van der Waals surface area contributed by atoms with Crippen LogP contribution in [0.1, 0.15) is 31.4 Å². The molecule has 5 heteroatoms. The molecule has 3 rings (SSSR count). The van der Waals surface area contributed by atoms with Gasteiger partial charge in [-0.1, -0.05) is 18.2 Å². The number of likely N-dealkylation sites (tertiary alicyclic amines) is 1. The topological polar surface area (TPSA) is 61.8 Å². The predicted octanol–water partition coefficient (Wildman–Crippen LogP) is 2.48. The van der Waals surface area contributed by atoms with E-state index in [1.54, 1.807) is 7.11 Å². The third-order valence-corrected chi connectivity index (χ3v) is 5.16. The maximum Gasteiger partial charge on any atom is 0.252 e. The van der Waals surface area contributed by atoms with Crippen molar-refractivity contribution in [3.05, 3.63) is 42.0 Å². The third kappa shape index (κ3) is 3.78. The van der Waals surface area contributed by atoms with Crippen LogP contribution < -0.4 is 10.1 Å². The second kappa shape index (κ2) is 7.02. The van der Waals surface area contributed by atoms with Crippen molar-refractivity contribution >= 4 is 16.7 Å². The second-order valence-electron chi connectivity index (χ2n) is 7.00. The molecule has 0 aliphatic carbocycles. The van der Waals surface area contributed by atoms with Crippen LogP contribution in [-0.4, -0.2) is 48.8 Å². The lowest BCUT2D eigenvalue weighted by Gasteiger charge is -2.36. The third-order valence-electron chi connectivity index (χ3n) is 5.16. The fourth-order valence-corrected chi connectivity index (χ4v) is 3.27. The number of amides is 1. The molecule has 0 radical (unpaired) electrons. The van der Waals surface area contributed by atoms with Gasteiger partial charge in [0.1, 0.15) is 11.4 Å². The van der Waals surface area contributed by atoms with Gasteiger partial charge in [0, 0.05) is 13.1 Å². The van der Waals surface area contributed by atoms with Crippen LogP contribution in [0, 0.1) is 0 Å². The zero-order chi connectivity index (χ0) is 18.0. The highest BCUT2D eigenvalue weighted by Gasteiger charge is 2.39. The van der Waals surface area contributed by atoms with Crippen LogP contribution in [0.3, 0.4) is 0 Å². The summed E-state index contributed by atoms with van der Waals surface area (Å²) < 4.78 is 5.25. The van der Waals surface area contributed by atoms with E-state index in [4.69, 9.17) is 4.74 Å². The highest BCUT2D eigenvalue weighted by atomic mass is 16.5. The number of methoxy groups -OCH3 is 1. The minimum atomic E-state index is -1.26. The lowest BCUT2D eigenvalue weighted by molar-refractivity contribution is -0.145. The number of carbonyl (C=O) groups is 1. The van der Waals surface area contributed by atoms with Gasteiger partial charge in [-0.25, -0.2) is 0 Å². The molecule has 1 unspecified atom stereocenters. The Bertz CT molecular complexity index is 767. The molecule has 1 heterocycles. The van der Waals surface area contributed by atoms with Crippen LogP contribution in [0.15, 0.2) is 36.4 Å². The van der Waals surface area contributed by atoms with E-state index < -0.39 is 5.60 Å². The van der Waals surface area contributed by atoms with Gasteiger partial charge in [0.25, 0.3) is 5.91 Å². The Morgan fingerprint density at radius 3 is 2.52 bits per heavy atom. The number of carbonyl (C=O) groups excluding carboxylic acids is 1. The Hall–Kier alpha value is -2.11. The van der Waals surface area contributed by atoms with Crippen molar-refractivity contribution in [2.45, 2.75) is 31.4 Å². The molecule has 25 heavy (non-hydrogen) atoms. The van der Waals surface area contributed by atoms with E-state index in [0.29, 0.717) is 12.8 Å². The van der Waals surface area contributed by atoms with E-state index in [1.807, 2.05) is 44.3 Å². The molecular weight excluding hydrogens is 316 g/mol. The van der Waals surface area contributed by atoms with Gasteiger partial charge < -0.3 is 20.1 Å². The van der Waals surface area contributed by atoms with Crippen molar-refractivity contribution in [1.29, 1.82) is 0 Å². The molecule has 0 bridgehead atoms. The van der Waals surface area contributed by atoms with Crippen molar-refractivity contribution in [2.75, 3.05) is 27.2 Å². The standard InChI is InChI=1S/C20H26N2O3/c1-14(21-19(23)20(24)8-10-22(2)11-9-20)15-4-5-17-13-18(25-3)7-6-16(17)12-15/h4-7,12-14,24H,8-11H2,1-3H3,(H,21,23). The Labute approximate surface area is 148 Å². The Balaban J connectivity index is 1.73. The summed E-state index contributed by atoms with van der Waals surface area (Å²) in [6.45, 7) is 3.41. The molecule has 5 nitrogen and oxygen atoms in total. The Morgan fingerprint density at radius 1 is 1.20 bits per heavy atom. The molecule has 0 saturated carbocycles. The van der Waals surface area contributed by atoms with Gasteiger partial charge in [-0.05, 0) is 61.3 Å².